The Hall–Kier alpha value is -2.89. The maximum atomic E-state index is 12.8. The monoisotopic (exact) mass is 909 g/mol. The van der Waals surface area contributed by atoms with Gasteiger partial charge in [0.25, 0.3) is 0 Å². The minimum Gasteiger partial charge on any atom is -0.462 e. The molecule has 0 aromatic heterocycles. The molecule has 65 heavy (non-hydrogen) atoms. The quantitative estimate of drug-likeness (QED) is 0.0262. The van der Waals surface area contributed by atoms with Gasteiger partial charge in [-0.25, -0.2) is 0 Å². The van der Waals surface area contributed by atoms with Crippen LogP contribution in [-0.4, -0.2) is 37.2 Å². The molecule has 0 radical (unpaired) electrons. The Bertz CT molecular complexity index is 1180. The average Bonchev–Trinajstić information content (AvgIpc) is 3.30. The van der Waals surface area contributed by atoms with E-state index in [1.165, 1.54) is 141 Å². The molecule has 0 heterocycles. The van der Waals surface area contributed by atoms with Crippen LogP contribution in [0.15, 0.2) is 60.8 Å². The van der Waals surface area contributed by atoms with E-state index in [2.05, 4.69) is 81.5 Å². The number of hydrogen-bond donors (Lipinski definition) is 0. The molecule has 0 aromatic carbocycles. The van der Waals surface area contributed by atoms with Gasteiger partial charge >= 0.3 is 17.9 Å². The van der Waals surface area contributed by atoms with Crippen molar-refractivity contribution in [3.05, 3.63) is 60.8 Å². The molecule has 0 fully saturated rings. The fourth-order valence-electron chi connectivity index (χ4n) is 7.80. The first-order chi connectivity index (χ1) is 32.0. The first-order valence-corrected chi connectivity index (χ1v) is 27.8. The first kappa shape index (κ1) is 62.1. The van der Waals surface area contributed by atoms with Gasteiger partial charge in [0.1, 0.15) is 13.2 Å². The normalized spacial score (nSPS) is 12.5. The van der Waals surface area contributed by atoms with Crippen LogP contribution in [0.2, 0.25) is 0 Å². The fraction of sp³-hybridized carbons (Fsp3) is 0.780. The molecule has 0 aliphatic heterocycles. The molecule has 0 rings (SSSR count). The van der Waals surface area contributed by atoms with Crippen LogP contribution in [0.1, 0.15) is 278 Å². The molecule has 0 aromatic rings. The zero-order valence-electron chi connectivity index (χ0n) is 43.0. The van der Waals surface area contributed by atoms with Crippen molar-refractivity contribution >= 4 is 17.9 Å². The Morgan fingerprint density at radius 1 is 0.323 bits per heavy atom. The highest BCUT2D eigenvalue weighted by molar-refractivity contribution is 5.71. The summed E-state index contributed by atoms with van der Waals surface area (Å²) in [5.74, 6) is -0.901. The SMILES string of the molecule is CC/C=C/C/C=C/C/C=C/CCCCCCCC(=O)O[C@H](COC(=O)CCCCCCCCC/C=C/CCCCCC)COC(=O)CCCCCCCCC/C=C/CCCCCCCC. The smallest absolute Gasteiger partial charge is 0.306 e. The maximum absolute atomic E-state index is 12.8. The van der Waals surface area contributed by atoms with Crippen LogP contribution in [-0.2, 0) is 28.6 Å². The van der Waals surface area contributed by atoms with Gasteiger partial charge in [0, 0.05) is 19.3 Å². The zero-order valence-corrected chi connectivity index (χ0v) is 43.0. The molecule has 0 saturated carbocycles. The fourth-order valence-corrected chi connectivity index (χ4v) is 7.80. The Morgan fingerprint density at radius 3 is 0.969 bits per heavy atom. The predicted molar refractivity (Wildman–Crippen MR) is 279 cm³/mol. The molecule has 6 heteroatoms. The van der Waals surface area contributed by atoms with Gasteiger partial charge in [0.05, 0.1) is 0 Å². The lowest BCUT2D eigenvalue weighted by molar-refractivity contribution is -0.167. The van der Waals surface area contributed by atoms with Gasteiger partial charge < -0.3 is 14.2 Å². The molecule has 6 nitrogen and oxygen atoms in total. The molecule has 0 bridgehead atoms. The minimum absolute atomic E-state index is 0.0841. The molecule has 0 amide bonds. The molecule has 1 atom stereocenters. The van der Waals surface area contributed by atoms with Crippen LogP contribution >= 0.6 is 0 Å². The number of carbonyl (C=O) groups is 3. The summed E-state index contributed by atoms with van der Waals surface area (Å²) >= 11 is 0. The van der Waals surface area contributed by atoms with Crippen molar-refractivity contribution in [1.82, 2.24) is 0 Å². The van der Waals surface area contributed by atoms with Crippen molar-refractivity contribution in [3.8, 4) is 0 Å². The van der Waals surface area contributed by atoms with Gasteiger partial charge in [-0.15, -0.1) is 0 Å². The second-order valence-electron chi connectivity index (χ2n) is 18.5. The largest absolute Gasteiger partial charge is 0.462 e. The van der Waals surface area contributed by atoms with Crippen molar-refractivity contribution in [1.29, 1.82) is 0 Å². The highest BCUT2D eigenvalue weighted by atomic mass is 16.6. The van der Waals surface area contributed by atoms with Crippen LogP contribution in [0.5, 0.6) is 0 Å². The standard InChI is InChI=1S/C59H104O6/c1-4-7-10-13-16-19-22-25-28-29-32-34-37-40-43-46-49-52-58(61)64-55-56(65-59(62)53-50-47-44-41-38-35-31-27-24-21-18-15-12-9-6-3)54-63-57(60)51-48-45-42-39-36-33-30-26-23-20-17-14-11-8-5-2/h9,12,18,20-21,23,25,27-28,31,56H,4-8,10-11,13-17,19,22,24,26,29-30,32-55H2,1-3H3/b12-9+,21-18+,23-20+,28-25+,31-27+/t56-/m1/s1. The molecule has 0 aliphatic carbocycles. The third-order valence-corrected chi connectivity index (χ3v) is 12.0. The lowest BCUT2D eigenvalue weighted by Crippen LogP contribution is -2.30. The summed E-state index contributed by atoms with van der Waals surface area (Å²) in [6.45, 7) is 6.51. The van der Waals surface area contributed by atoms with Crippen molar-refractivity contribution in [2.45, 2.75) is 284 Å². The van der Waals surface area contributed by atoms with Gasteiger partial charge in [-0.3, -0.25) is 14.4 Å². The van der Waals surface area contributed by atoms with Crippen LogP contribution in [0, 0.1) is 0 Å². The van der Waals surface area contributed by atoms with Crippen LogP contribution < -0.4 is 0 Å². The van der Waals surface area contributed by atoms with Gasteiger partial charge in [-0.05, 0) is 103 Å². The number of unbranched alkanes of at least 4 members (excludes halogenated alkanes) is 29. The predicted octanol–water partition coefficient (Wildman–Crippen LogP) is 18.4. The molecule has 0 saturated heterocycles. The van der Waals surface area contributed by atoms with E-state index >= 15 is 0 Å². The van der Waals surface area contributed by atoms with E-state index in [1.807, 2.05) is 0 Å². The summed E-state index contributed by atoms with van der Waals surface area (Å²) in [6, 6.07) is 0. The van der Waals surface area contributed by atoms with Gasteiger partial charge in [-0.1, -0.05) is 216 Å². The minimum atomic E-state index is -0.786. The number of esters is 3. The van der Waals surface area contributed by atoms with Gasteiger partial charge in [-0.2, -0.15) is 0 Å². The molecular formula is C59H104O6. The summed E-state index contributed by atoms with van der Waals surface area (Å²) in [7, 11) is 0. The second-order valence-corrected chi connectivity index (χ2v) is 18.5. The van der Waals surface area contributed by atoms with E-state index in [0.29, 0.717) is 19.3 Å². The molecule has 376 valence electrons. The summed E-state index contributed by atoms with van der Waals surface area (Å²) in [6.07, 6.45) is 66.3. The van der Waals surface area contributed by atoms with Crippen molar-refractivity contribution in [2.24, 2.45) is 0 Å². The molecule has 0 unspecified atom stereocenters. The second kappa shape index (κ2) is 53.7. The van der Waals surface area contributed by atoms with Gasteiger partial charge in [0.15, 0.2) is 6.10 Å². The average molecular weight is 909 g/mol. The third kappa shape index (κ3) is 51.9. The lowest BCUT2D eigenvalue weighted by Gasteiger charge is -2.18. The number of ether oxygens (including phenoxy) is 3. The summed E-state index contributed by atoms with van der Waals surface area (Å²) in [4.78, 5) is 38.1. The first-order valence-electron chi connectivity index (χ1n) is 27.8. The summed E-state index contributed by atoms with van der Waals surface area (Å²) < 4.78 is 16.8. The van der Waals surface area contributed by atoms with E-state index in [0.717, 1.165) is 96.3 Å². The van der Waals surface area contributed by atoms with E-state index in [1.54, 1.807) is 0 Å². The molecular weight excluding hydrogens is 805 g/mol. The van der Waals surface area contributed by atoms with E-state index < -0.39 is 6.10 Å². The van der Waals surface area contributed by atoms with Crippen LogP contribution in [0.4, 0.5) is 0 Å². The highest BCUT2D eigenvalue weighted by Crippen LogP contribution is 2.15. The Labute approximate surface area is 402 Å². The number of allylic oxidation sites excluding steroid dienone is 10. The van der Waals surface area contributed by atoms with Crippen molar-refractivity contribution in [3.63, 3.8) is 0 Å². The Morgan fingerprint density at radius 2 is 0.600 bits per heavy atom. The van der Waals surface area contributed by atoms with Crippen LogP contribution in [0.25, 0.3) is 0 Å². The van der Waals surface area contributed by atoms with E-state index in [9.17, 15) is 14.4 Å². The van der Waals surface area contributed by atoms with Crippen molar-refractivity contribution in [2.75, 3.05) is 13.2 Å². The van der Waals surface area contributed by atoms with Crippen molar-refractivity contribution < 1.29 is 28.6 Å². The zero-order chi connectivity index (χ0) is 47.2. The third-order valence-electron chi connectivity index (χ3n) is 12.0. The van der Waals surface area contributed by atoms with E-state index in [4.69, 9.17) is 14.2 Å². The molecule has 0 aliphatic rings. The number of carbonyl (C=O) groups excluding carboxylic acids is 3. The van der Waals surface area contributed by atoms with Gasteiger partial charge in [0.2, 0.25) is 0 Å². The van der Waals surface area contributed by atoms with Crippen LogP contribution in [0.3, 0.4) is 0 Å². The lowest BCUT2D eigenvalue weighted by atomic mass is 10.1. The van der Waals surface area contributed by atoms with E-state index in [-0.39, 0.29) is 31.1 Å². The summed E-state index contributed by atoms with van der Waals surface area (Å²) in [5.41, 5.74) is 0. The summed E-state index contributed by atoms with van der Waals surface area (Å²) in [5, 5.41) is 0. The maximum Gasteiger partial charge on any atom is 0.306 e. The molecule has 0 spiro atoms. The number of hydrogen-bond acceptors (Lipinski definition) is 6. The molecule has 0 N–H and O–H groups in total. The number of rotatable bonds is 50. The Balaban J connectivity index is 4.40. The topological polar surface area (TPSA) is 78.9 Å². The Kier molecular flexibility index (Phi) is 51.3. The highest BCUT2D eigenvalue weighted by Gasteiger charge is 2.19.